The van der Waals surface area contributed by atoms with Crippen LogP contribution in [0.3, 0.4) is 0 Å². The molecular formula is C27H30N4O3. The first-order valence-corrected chi connectivity index (χ1v) is 11.3. The number of pyridine rings is 1. The van der Waals surface area contributed by atoms with Crippen LogP contribution in [0.5, 0.6) is 0 Å². The summed E-state index contributed by atoms with van der Waals surface area (Å²) in [5.74, 6) is -0.902. The fourth-order valence-electron chi connectivity index (χ4n) is 3.68. The summed E-state index contributed by atoms with van der Waals surface area (Å²) in [6.07, 6.45) is 9.17. The molecule has 2 amide bonds. The minimum Gasteiger partial charge on any atom is -0.366 e. The topological polar surface area (TPSA) is 124 Å². The van der Waals surface area contributed by atoms with Crippen molar-refractivity contribution in [2.75, 3.05) is 0 Å². The van der Waals surface area contributed by atoms with E-state index in [0.29, 0.717) is 16.9 Å². The van der Waals surface area contributed by atoms with Gasteiger partial charge in [-0.3, -0.25) is 19.0 Å². The Bertz CT molecular complexity index is 1310. The number of primary amides is 2. The molecule has 5 rings (SSSR count). The lowest BCUT2D eigenvalue weighted by atomic mass is 10.2. The van der Waals surface area contributed by atoms with Crippen LogP contribution in [0.1, 0.15) is 58.5 Å². The fourth-order valence-corrected chi connectivity index (χ4v) is 3.68. The van der Waals surface area contributed by atoms with Crippen molar-refractivity contribution in [2.24, 2.45) is 11.5 Å². The summed E-state index contributed by atoms with van der Waals surface area (Å²) in [7, 11) is 0. The van der Waals surface area contributed by atoms with Crippen LogP contribution in [0.25, 0.3) is 16.6 Å². The van der Waals surface area contributed by atoms with Crippen LogP contribution < -0.4 is 17.0 Å². The second-order valence-electron chi connectivity index (χ2n) is 8.23. The first-order chi connectivity index (χ1) is 16.3. The molecule has 0 saturated heterocycles. The van der Waals surface area contributed by atoms with Crippen LogP contribution in [0.2, 0.25) is 0 Å². The lowest BCUT2D eigenvalue weighted by Crippen LogP contribution is -2.16. The van der Waals surface area contributed by atoms with Gasteiger partial charge in [-0.2, -0.15) is 0 Å². The molecule has 7 heteroatoms. The van der Waals surface area contributed by atoms with Crippen LogP contribution in [0, 0.1) is 6.92 Å². The van der Waals surface area contributed by atoms with Crippen molar-refractivity contribution in [3.8, 4) is 5.69 Å². The van der Waals surface area contributed by atoms with Gasteiger partial charge in [0, 0.05) is 34.4 Å². The van der Waals surface area contributed by atoms with Gasteiger partial charge in [0.05, 0.1) is 0 Å². The highest BCUT2D eigenvalue weighted by Crippen LogP contribution is 2.16. The molecule has 0 unspecified atom stereocenters. The molecule has 176 valence electrons. The maximum Gasteiger partial charge on any atom is 0.265 e. The highest BCUT2D eigenvalue weighted by molar-refractivity contribution is 5.97. The number of hydrogen-bond donors (Lipinski definition) is 3. The first kappa shape index (κ1) is 24.5. The Labute approximate surface area is 198 Å². The van der Waals surface area contributed by atoms with Gasteiger partial charge in [0.1, 0.15) is 5.69 Å². The van der Waals surface area contributed by atoms with Gasteiger partial charge in [0.15, 0.2) is 0 Å². The van der Waals surface area contributed by atoms with Gasteiger partial charge in [-0.15, -0.1) is 0 Å². The van der Waals surface area contributed by atoms with Crippen molar-refractivity contribution < 1.29 is 9.59 Å². The summed E-state index contributed by atoms with van der Waals surface area (Å²) in [6, 6.07) is 19.2. The lowest BCUT2D eigenvalue weighted by molar-refractivity contribution is 0.0989. The van der Waals surface area contributed by atoms with Gasteiger partial charge >= 0.3 is 0 Å². The van der Waals surface area contributed by atoms with Crippen molar-refractivity contribution in [3.63, 3.8) is 0 Å². The number of carbonyl (C=O) groups is 2. The molecule has 2 aromatic carbocycles. The monoisotopic (exact) mass is 458 g/mol. The molecule has 0 atom stereocenters. The number of aromatic amines is 1. The number of rotatable bonds is 3. The van der Waals surface area contributed by atoms with E-state index in [1.165, 1.54) is 42.7 Å². The fraction of sp³-hybridized carbons (Fsp3) is 0.222. The third-order valence-corrected chi connectivity index (χ3v) is 5.55. The van der Waals surface area contributed by atoms with E-state index >= 15 is 0 Å². The number of hydrogen-bond acceptors (Lipinski definition) is 3. The van der Waals surface area contributed by atoms with Crippen molar-refractivity contribution in [2.45, 2.75) is 39.0 Å². The summed E-state index contributed by atoms with van der Waals surface area (Å²) >= 11 is 0. The zero-order valence-electron chi connectivity index (χ0n) is 19.3. The number of nitrogens with zero attached hydrogens (tertiary/aromatic N) is 1. The number of aryl methyl sites for hydroxylation is 1. The molecule has 0 radical (unpaired) electrons. The highest BCUT2D eigenvalue weighted by atomic mass is 16.1. The Kier molecular flexibility index (Phi) is 8.40. The average Bonchev–Trinajstić information content (AvgIpc) is 3.53. The van der Waals surface area contributed by atoms with E-state index in [-0.39, 0.29) is 5.56 Å². The van der Waals surface area contributed by atoms with Crippen LogP contribution >= 0.6 is 0 Å². The van der Waals surface area contributed by atoms with E-state index in [1.807, 2.05) is 25.1 Å². The van der Waals surface area contributed by atoms with Crippen LogP contribution in [-0.2, 0) is 0 Å². The second kappa shape index (κ2) is 11.7. The predicted molar refractivity (Wildman–Crippen MR) is 135 cm³/mol. The summed E-state index contributed by atoms with van der Waals surface area (Å²) in [6.45, 7) is 2.00. The minimum atomic E-state index is -0.480. The molecule has 1 aliphatic carbocycles. The maximum absolute atomic E-state index is 11.5. The van der Waals surface area contributed by atoms with E-state index in [4.69, 9.17) is 11.5 Å². The van der Waals surface area contributed by atoms with E-state index in [0.717, 1.165) is 16.5 Å². The molecule has 7 nitrogen and oxygen atoms in total. The quantitative estimate of drug-likeness (QED) is 0.420. The van der Waals surface area contributed by atoms with E-state index in [2.05, 4.69) is 4.98 Å². The van der Waals surface area contributed by atoms with Crippen LogP contribution in [0.4, 0.5) is 0 Å². The number of aromatic nitrogens is 2. The second-order valence-corrected chi connectivity index (χ2v) is 8.23. The number of nitrogens with one attached hydrogen (secondary N) is 1. The van der Waals surface area contributed by atoms with Crippen molar-refractivity contribution >= 4 is 22.7 Å². The van der Waals surface area contributed by atoms with Gasteiger partial charge < -0.3 is 16.5 Å². The molecule has 4 aromatic rings. The molecule has 2 aromatic heterocycles. The summed E-state index contributed by atoms with van der Waals surface area (Å²) in [4.78, 5) is 36.2. The SMILES string of the molecule is C1CCCC1.Cc1ccc2cc(C(N)=O)[nH]c2c1.NC(=O)c1ccc(-n2ccccc2=O)cc1. The number of amides is 2. The number of fused-ring (bicyclic) bond motifs is 1. The zero-order chi connectivity index (χ0) is 24.5. The lowest BCUT2D eigenvalue weighted by Gasteiger charge is -2.04. The number of H-pyrrole nitrogens is 1. The average molecular weight is 459 g/mol. The van der Waals surface area contributed by atoms with Crippen LogP contribution in [0.15, 0.2) is 77.7 Å². The third kappa shape index (κ3) is 6.68. The van der Waals surface area contributed by atoms with Crippen molar-refractivity contribution in [3.05, 3.63) is 100 Å². The van der Waals surface area contributed by atoms with E-state index in [9.17, 15) is 14.4 Å². The van der Waals surface area contributed by atoms with E-state index in [1.54, 1.807) is 48.7 Å². The molecule has 34 heavy (non-hydrogen) atoms. The van der Waals surface area contributed by atoms with Crippen molar-refractivity contribution in [1.29, 1.82) is 0 Å². The molecule has 2 heterocycles. The molecular weight excluding hydrogens is 428 g/mol. The summed E-state index contributed by atoms with van der Waals surface area (Å²) in [5, 5.41) is 1.01. The Hall–Kier alpha value is -4.13. The standard InChI is InChI=1S/C12H10N2O2.C10H10N2O.C5H10/c13-12(16)9-4-6-10(7-5-9)14-8-2-1-3-11(14)15;1-6-2-3-7-5-9(10(11)13)12-8(7)4-6;1-2-4-5-3-1/h1-8H,(H2,13,16);2-5,12H,1H3,(H2,11,13);1-5H2. The highest BCUT2D eigenvalue weighted by Gasteiger charge is 2.04. The predicted octanol–water partition coefficient (Wildman–Crippen LogP) is 4.46. The summed E-state index contributed by atoms with van der Waals surface area (Å²) < 4.78 is 1.49. The van der Waals surface area contributed by atoms with Crippen LogP contribution in [-0.4, -0.2) is 21.4 Å². The molecule has 1 fully saturated rings. The molecule has 0 bridgehead atoms. The Morgan fingerprint density at radius 2 is 1.47 bits per heavy atom. The number of nitrogens with two attached hydrogens (primary N) is 2. The van der Waals surface area contributed by atoms with Gasteiger partial charge in [0.2, 0.25) is 5.91 Å². The Morgan fingerprint density at radius 3 is 2.03 bits per heavy atom. The van der Waals surface area contributed by atoms with Gasteiger partial charge in [-0.1, -0.05) is 50.3 Å². The minimum absolute atomic E-state index is 0.116. The third-order valence-electron chi connectivity index (χ3n) is 5.55. The smallest absolute Gasteiger partial charge is 0.265 e. The first-order valence-electron chi connectivity index (χ1n) is 11.3. The van der Waals surface area contributed by atoms with Gasteiger partial charge in [0.25, 0.3) is 11.5 Å². The normalized spacial score (nSPS) is 12.3. The Balaban J connectivity index is 0.000000161. The molecule has 1 saturated carbocycles. The molecule has 1 aliphatic rings. The molecule has 0 aliphatic heterocycles. The zero-order valence-corrected chi connectivity index (χ0v) is 19.3. The van der Waals surface area contributed by atoms with E-state index < -0.39 is 11.8 Å². The molecule has 0 spiro atoms. The number of benzene rings is 2. The maximum atomic E-state index is 11.5. The van der Waals surface area contributed by atoms with Gasteiger partial charge in [-0.05, 0) is 55.0 Å². The largest absolute Gasteiger partial charge is 0.366 e. The molecule has 5 N–H and O–H groups in total. The summed E-state index contributed by atoms with van der Waals surface area (Å²) in [5.41, 5.74) is 13.9. The van der Waals surface area contributed by atoms with Gasteiger partial charge in [-0.25, -0.2) is 0 Å². The Morgan fingerprint density at radius 1 is 0.824 bits per heavy atom. The van der Waals surface area contributed by atoms with Crippen molar-refractivity contribution in [1.82, 2.24) is 9.55 Å². The number of carbonyl (C=O) groups excluding carboxylic acids is 2.